The zero-order chi connectivity index (χ0) is 21.1. The van der Waals surface area contributed by atoms with Crippen molar-refractivity contribution in [1.29, 1.82) is 0 Å². The molecule has 2 saturated heterocycles. The molecule has 2 heterocycles. The third kappa shape index (κ3) is 9.77. The molecule has 0 bridgehead atoms. The van der Waals surface area contributed by atoms with Crippen molar-refractivity contribution in [2.24, 2.45) is 5.41 Å². The maximum Gasteiger partial charge on any atom is 0.410 e. The van der Waals surface area contributed by atoms with Crippen LogP contribution in [0.25, 0.3) is 0 Å². The van der Waals surface area contributed by atoms with Crippen LogP contribution in [0, 0.1) is 5.41 Å². The Morgan fingerprint density at radius 1 is 1.15 bits per heavy atom. The van der Waals surface area contributed by atoms with E-state index >= 15 is 0 Å². The van der Waals surface area contributed by atoms with E-state index in [0.29, 0.717) is 6.54 Å². The monoisotopic (exact) mass is 376 g/mol. The number of likely N-dealkylation sites (N-methyl/N-ethyl adjacent to an activating group) is 1. The molecule has 0 aromatic rings. The summed E-state index contributed by atoms with van der Waals surface area (Å²) in [7, 11) is 0. The average molecular weight is 377 g/mol. The number of hydrogen-bond acceptors (Lipinski definition) is 4. The van der Waals surface area contributed by atoms with Gasteiger partial charge in [0.25, 0.3) is 0 Å². The van der Waals surface area contributed by atoms with E-state index in [-0.39, 0.29) is 31.9 Å². The van der Waals surface area contributed by atoms with Crippen LogP contribution >= 0.6 is 0 Å². The van der Waals surface area contributed by atoms with E-state index in [1.54, 1.807) is 4.90 Å². The molecule has 2 fully saturated rings. The van der Waals surface area contributed by atoms with Gasteiger partial charge in [-0.15, -0.1) is 0 Å². The summed E-state index contributed by atoms with van der Waals surface area (Å²) in [6.07, 6.45) is 2.09. The van der Waals surface area contributed by atoms with Gasteiger partial charge in [-0.25, -0.2) is 4.79 Å². The fourth-order valence-corrected chi connectivity index (χ4v) is 2.89. The number of nitrogens with one attached hydrogen (secondary N) is 1. The molecule has 0 aromatic heterocycles. The Morgan fingerprint density at radius 2 is 1.77 bits per heavy atom. The highest BCUT2D eigenvalue weighted by molar-refractivity contribution is 5.68. The van der Waals surface area contributed by atoms with Crippen LogP contribution in [0.15, 0.2) is 0 Å². The predicted molar refractivity (Wildman–Crippen MR) is 114 cm³/mol. The lowest BCUT2D eigenvalue weighted by Crippen LogP contribution is -2.55. The minimum absolute atomic E-state index is 0. The molecule has 0 saturated carbocycles. The molecule has 26 heavy (non-hydrogen) atoms. The fourth-order valence-electron chi connectivity index (χ4n) is 2.89. The molecule has 2 aliphatic heterocycles. The molecule has 0 spiro atoms. The number of ether oxygens (including phenoxy) is 1. The molecule has 158 valence electrons. The van der Waals surface area contributed by atoms with E-state index in [4.69, 9.17) is 8.85 Å². The molecule has 5 nitrogen and oxygen atoms in total. The summed E-state index contributed by atoms with van der Waals surface area (Å²) in [6, 6.07) is 0. The minimum Gasteiger partial charge on any atom is -0.444 e. The van der Waals surface area contributed by atoms with Gasteiger partial charge in [0.05, 0.1) is 0 Å². The molecule has 0 atom stereocenters. The Hall–Kier alpha value is -0.810. The molecule has 0 aromatic carbocycles. The normalized spacial score (nSPS) is 24.3. The molecular formula is C21H47N3O2. The lowest BCUT2D eigenvalue weighted by molar-refractivity contribution is 0.00902. The van der Waals surface area contributed by atoms with E-state index in [9.17, 15) is 4.79 Å². The first-order valence-corrected chi connectivity index (χ1v) is 9.00. The van der Waals surface area contributed by atoms with Crippen LogP contribution in [0.4, 0.5) is 4.79 Å². The second kappa shape index (κ2) is 10.5. The van der Waals surface area contributed by atoms with Crippen molar-refractivity contribution < 1.29 is 13.6 Å². The summed E-state index contributed by atoms with van der Waals surface area (Å²) >= 11 is 0. The number of hydrogen-bond donors (Lipinski definition) is 1. The molecule has 0 unspecified atom stereocenters. The average Bonchev–Trinajstić information content (AvgIpc) is 2.43. The topological polar surface area (TPSA) is 44.8 Å². The Kier molecular flexibility index (Phi) is 8.68. The third-order valence-electron chi connectivity index (χ3n) is 4.35. The van der Waals surface area contributed by atoms with Gasteiger partial charge in [-0.05, 0) is 59.9 Å². The molecule has 1 amide bonds. The quantitative estimate of drug-likeness (QED) is 0.670. The zero-order valence-corrected chi connectivity index (χ0v) is 16.7. The van der Waals surface area contributed by atoms with E-state index in [2.05, 4.69) is 19.2 Å². The second-order valence-electron chi connectivity index (χ2n) is 9.31. The number of likely N-dealkylation sites (tertiary alicyclic amines) is 1. The molecule has 5 heteroatoms. The molecule has 1 N–H and O–H groups in total. The predicted octanol–water partition coefficient (Wildman–Crippen LogP) is 4.62. The van der Waals surface area contributed by atoms with Gasteiger partial charge in [-0.3, -0.25) is 4.90 Å². The maximum absolute atomic E-state index is 11.8. The van der Waals surface area contributed by atoms with Crippen molar-refractivity contribution in [2.75, 3.05) is 39.7 Å². The lowest BCUT2D eigenvalue weighted by atomic mass is 9.84. The SMILES string of the molecule is C.C.CC1(C)CCCN(C(=O)OC(C)(C)C)C1.[2H]C([2H])([2H])N1CCNCC1(C)C. The summed E-state index contributed by atoms with van der Waals surface area (Å²) < 4.78 is 27.3. The Bertz CT molecular complexity index is 500. The minimum atomic E-state index is -1.95. The summed E-state index contributed by atoms with van der Waals surface area (Å²) in [6.45, 7) is 15.8. The van der Waals surface area contributed by atoms with Crippen LogP contribution in [0.1, 0.15) is 80.3 Å². The summed E-state index contributed by atoms with van der Waals surface area (Å²) in [5, 5.41) is 3.19. The van der Waals surface area contributed by atoms with E-state index in [1.807, 2.05) is 39.5 Å². The fraction of sp³-hybridized carbons (Fsp3) is 0.952. The lowest BCUT2D eigenvalue weighted by Gasteiger charge is -2.40. The standard InChI is InChI=1S/C12H23NO2.C7H16N2.2CH4/c1-11(2,3)15-10(14)13-8-6-7-12(4,5)9-13;1-7(2)6-8-4-5-9(7)3;;/h6-9H2,1-5H3;8H,4-6H2,1-3H3;2*1H4/i;3D3;;. The zero-order valence-electron chi connectivity index (χ0n) is 19.7. The third-order valence-corrected chi connectivity index (χ3v) is 4.35. The highest BCUT2D eigenvalue weighted by Crippen LogP contribution is 2.29. The summed E-state index contributed by atoms with van der Waals surface area (Å²) in [4.78, 5) is 15.2. The van der Waals surface area contributed by atoms with Crippen molar-refractivity contribution in [1.82, 2.24) is 15.1 Å². The van der Waals surface area contributed by atoms with Crippen molar-refractivity contribution in [3.8, 4) is 0 Å². The van der Waals surface area contributed by atoms with Crippen LogP contribution in [-0.2, 0) is 4.74 Å². The van der Waals surface area contributed by atoms with Crippen LogP contribution in [0.2, 0.25) is 0 Å². The number of carbonyl (C=O) groups excluding carboxylic acids is 1. The van der Waals surface area contributed by atoms with Crippen molar-refractivity contribution in [2.45, 2.75) is 87.3 Å². The molecule has 2 rings (SSSR count). The van der Waals surface area contributed by atoms with Gasteiger partial charge < -0.3 is 15.0 Å². The molecule has 0 radical (unpaired) electrons. The van der Waals surface area contributed by atoms with Crippen molar-refractivity contribution in [3.63, 3.8) is 0 Å². The number of amides is 1. The number of piperidine rings is 1. The second-order valence-corrected chi connectivity index (χ2v) is 9.31. The van der Waals surface area contributed by atoms with E-state index < -0.39 is 12.6 Å². The van der Waals surface area contributed by atoms with Gasteiger partial charge in [0.15, 0.2) is 0 Å². The Morgan fingerprint density at radius 3 is 2.19 bits per heavy atom. The van der Waals surface area contributed by atoms with E-state index in [0.717, 1.165) is 32.6 Å². The molecule has 0 aliphatic carbocycles. The van der Waals surface area contributed by atoms with Gasteiger partial charge in [0, 0.05) is 42.4 Å². The number of rotatable bonds is 0. The van der Waals surface area contributed by atoms with Gasteiger partial charge in [-0.2, -0.15) is 0 Å². The van der Waals surface area contributed by atoms with Crippen molar-refractivity contribution >= 4 is 6.09 Å². The van der Waals surface area contributed by atoms with Crippen LogP contribution in [0.5, 0.6) is 0 Å². The molecule has 2 aliphatic rings. The summed E-state index contributed by atoms with van der Waals surface area (Å²) in [5.41, 5.74) is -0.419. The smallest absolute Gasteiger partial charge is 0.410 e. The first kappa shape index (κ1) is 21.5. The number of nitrogens with zero attached hydrogens (tertiary/aromatic N) is 2. The Labute approximate surface area is 168 Å². The van der Waals surface area contributed by atoms with Gasteiger partial charge >= 0.3 is 6.09 Å². The highest BCUT2D eigenvalue weighted by Gasteiger charge is 2.31. The van der Waals surface area contributed by atoms with Gasteiger partial charge in [-0.1, -0.05) is 28.7 Å². The maximum atomic E-state index is 11.8. The van der Waals surface area contributed by atoms with Crippen LogP contribution in [-0.4, -0.2) is 66.7 Å². The van der Waals surface area contributed by atoms with Crippen molar-refractivity contribution in [3.05, 3.63) is 0 Å². The highest BCUT2D eigenvalue weighted by atomic mass is 16.6. The first-order chi connectivity index (χ1) is 12.0. The molecular weight excluding hydrogens is 326 g/mol. The first-order valence-electron chi connectivity index (χ1n) is 10.5. The van der Waals surface area contributed by atoms with Crippen LogP contribution < -0.4 is 5.32 Å². The van der Waals surface area contributed by atoms with Crippen LogP contribution in [0.3, 0.4) is 0 Å². The summed E-state index contributed by atoms with van der Waals surface area (Å²) in [5.74, 6) is 0. The van der Waals surface area contributed by atoms with Gasteiger partial charge in [0.1, 0.15) is 5.60 Å². The van der Waals surface area contributed by atoms with Gasteiger partial charge in [0.2, 0.25) is 0 Å². The largest absolute Gasteiger partial charge is 0.444 e. The van der Waals surface area contributed by atoms with E-state index in [1.165, 1.54) is 6.42 Å². The number of carbonyl (C=O) groups is 1. The number of piperazine rings is 1. The Balaban J connectivity index is 0.